The summed E-state index contributed by atoms with van der Waals surface area (Å²) in [6, 6.07) is 2.38. The number of hydrogen-bond donors (Lipinski definition) is 2. The smallest absolute Gasteiger partial charge is 0.332 e. The number of benzene rings is 1. The highest BCUT2D eigenvalue weighted by Crippen LogP contribution is 2.37. The van der Waals surface area contributed by atoms with Crippen molar-refractivity contribution >= 4 is 40.8 Å². The molecule has 1 aliphatic heterocycles. The number of carboxylic acids is 1. The van der Waals surface area contributed by atoms with E-state index < -0.39 is 17.7 Å². The van der Waals surface area contributed by atoms with E-state index in [0.717, 1.165) is 6.07 Å². The lowest BCUT2D eigenvalue weighted by atomic mass is 9.91. The van der Waals surface area contributed by atoms with Crippen LogP contribution in [0, 0.1) is 5.82 Å². The van der Waals surface area contributed by atoms with Gasteiger partial charge in [-0.1, -0.05) is 17.7 Å². The topological polar surface area (TPSA) is 95.9 Å². The molecule has 3 rings (SSSR count). The van der Waals surface area contributed by atoms with E-state index >= 15 is 0 Å². The van der Waals surface area contributed by atoms with Crippen LogP contribution in [-0.2, 0) is 14.4 Å². The fourth-order valence-corrected chi connectivity index (χ4v) is 3.33. The molecule has 1 aliphatic carbocycles. The van der Waals surface area contributed by atoms with Gasteiger partial charge in [-0.25, -0.2) is 9.18 Å². The van der Waals surface area contributed by atoms with E-state index in [9.17, 15) is 23.9 Å². The molecule has 28 heavy (non-hydrogen) atoms. The van der Waals surface area contributed by atoms with Crippen LogP contribution < -0.4 is 15.0 Å². The largest absolute Gasteiger partial charge is 0.481 e. The van der Waals surface area contributed by atoms with Crippen molar-refractivity contribution in [1.82, 2.24) is 0 Å². The first-order valence-corrected chi connectivity index (χ1v) is 9.14. The van der Waals surface area contributed by atoms with Crippen molar-refractivity contribution in [3.63, 3.8) is 0 Å². The van der Waals surface area contributed by atoms with Crippen LogP contribution in [0.2, 0.25) is 0 Å². The summed E-state index contributed by atoms with van der Waals surface area (Å²) >= 11 is 5.53. The summed E-state index contributed by atoms with van der Waals surface area (Å²) in [5.74, 6) is -2.72. The molecule has 2 N–H and O–H groups in total. The van der Waals surface area contributed by atoms with Crippen molar-refractivity contribution in [3.8, 4) is 5.75 Å². The van der Waals surface area contributed by atoms with Crippen LogP contribution >= 0.6 is 11.6 Å². The second-order valence-electron chi connectivity index (χ2n) is 6.38. The van der Waals surface area contributed by atoms with Crippen LogP contribution in [0.4, 0.5) is 15.8 Å². The quantitative estimate of drug-likeness (QED) is 0.780. The Balaban J connectivity index is 1.93. The number of aliphatic carboxylic acids is 1. The zero-order chi connectivity index (χ0) is 20.3. The van der Waals surface area contributed by atoms with Crippen LogP contribution in [0.3, 0.4) is 0 Å². The number of hydrogen-bond acceptors (Lipinski definition) is 4. The minimum absolute atomic E-state index is 0.0505. The number of carbonyl (C=O) groups excluding carboxylic acids is 2. The van der Waals surface area contributed by atoms with Crippen LogP contribution in [-0.4, -0.2) is 36.0 Å². The van der Waals surface area contributed by atoms with Gasteiger partial charge in [0.15, 0.2) is 12.4 Å². The molecule has 0 atom stereocenters. The number of halogens is 2. The molecule has 0 radical (unpaired) electrons. The highest BCUT2D eigenvalue weighted by Gasteiger charge is 2.28. The van der Waals surface area contributed by atoms with Crippen LogP contribution in [0.1, 0.15) is 25.7 Å². The Kier molecular flexibility index (Phi) is 5.99. The van der Waals surface area contributed by atoms with Gasteiger partial charge < -0.3 is 20.1 Å². The molecule has 0 aromatic heterocycles. The summed E-state index contributed by atoms with van der Waals surface area (Å²) in [5, 5.41) is 11.7. The molecule has 148 valence electrons. The van der Waals surface area contributed by atoms with E-state index in [2.05, 4.69) is 5.32 Å². The minimum Gasteiger partial charge on any atom is -0.481 e. The summed E-state index contributed by atoms with van der Waals surface area (Å²) in [4.78, 5) is 37.4. The van der Waals surface area contributed by atoms with Gasteiger partial charge in [-0.2, -0.15) is 0 Å². The Labute approximate surface area is 165 Å². The third-order valence-corrected chi connectivity index (χ3v) is 4.80. The fraction of sp³-hybridized carbons (Fsp3) is 0.316. The number of fused-ring (bicyclic) bond motifs is 1. The number of carboxylic acid groups (broad SMARTS) is 1. The maximum absolute atomic E-state index is 14.5. The number of anilines is 2. The van der Waals surface area contributed by atoms with Gasteiger partial charge in [0.2, 0.25) is 0 Å². The number of nitrogens with zero attached hydrogens (tertiary/aromatic N) is 1. The van der Waals surface area contributed by atoms with Gasteiger partial charge >= 0.3 is 5.97 Å². The molecule has 2 amide bonds. The summed E-state index contributed by atoms with van der Waals surface area (Å²) < 4.78 is 19.7. The molecule has 7 nitrogen and oxygen atoms in total. The zero-order valence-corrected chi connectivity index (χ0v) is 15.6. The molecule has 1 aromatic rings. The summed E-state index contributed by atoms with van der Waals surface area (Å²) in [7, 11) is 0. The molecule has 0 saturated heterocycles. The van der Waals surface area contributed by atoms with Gasteiger partial charge in [0, 0.05) is 29.3 Å². The van der Waals surface area contributed by atoms with E-state index in [1.165, 1.54) is 16.5 Å². The van der Waals surface area contributed by atoms with Gasteiger partial charge in [-0.3, -0.25) is 9.59 Å². The fourth-order valence-electron chi connectivity index (χ4n) is 3.25. The maximum Gasteiger partial charge on any atom is 0.332 e. The zero-order valence-electron chi connectivity index (χ0n) is 14.8. The van der Waals surface area contributed by atoms with E-state index in [1.54, 1.807) is 6.08 Å². The predicted molar refractivity (Wildman–Crippen MR) is 101 cm³/mol. The first kappa shape index (κ1) is 19.9. The molecular formula is C19H18ClFN2O5. The molecule has 0 bridgehead atoms. The first-order chi connectivity index (χ1) is 13.4. The van der Waals surface area contributed by atoms with Crippen molar-refractivity contribution in [2.24, 2.45) is 0 Å². The van der Waals surface area contributed by atoms with E-state index in [-0.39, 0.29) is 41.6 Å². The highest BCUT2D eigenvalue weighted by molar-refractivity contribution is 6.25. The Hall–Kier alpha value is -2.87. The highest BCUT2D eigenvalue weighted by atomic mass is 35.5. The Bertz CT molecular complexity index is 897. The monoisotopic (exact) mass is 408 g/mol. The molecule has 1 heterocycles. The van der Waals surface area contributed by atoms with Crippen LogP contribution in [0.15, 0.2) is 34.9 Å². The molecule has 0 saturated carbocycles. The standard InChI is InChI=1S/C19H18ClFN2O5/c20-6-3-7-23-15-9-14(13(21)8-16(15)28-10-17(23)24)22-18(25)11-4-1-2-5-12(11)19(26)27/h3,6,8-9H,1-2,4-5,7,10H2,(H,22,25)(H,26,27)/b6-3+. The van der Waals surface area contributed by atoms with Crippen molar-refractivity contribution in [2.75, 3.05) is 23.4 Å². The summed E-state index contributed by atoms with van der Waals surface area (Å²) in [6.45, 7) is -0.0742. The summed E-state index contributed by atoms with van der Waals surface area (Å²) in [6.07, 6.45) is 3.53. The third-order valence-electron chi connectivity index (χ3n) is 4.62. The van der Waals surface area contributed by atoms with E-state index in [4.69, 9.17) is 16.3 Å². The number of rotatable bonds is 5. The number of carbonyl (C=O) groups is 3. The summed E-state index contributed by atoms with van der Waals surface area (Å²) in [5.41, 5.74) is 1.58. The van der Waals surface area contributed by atoms with Crippen LogP contribution in [0.25, 0.3) is 0 Å². The molecule has 2 aliphatic rings. The molecule has 9 heteroatoms. The Morgan fingerprint density at radius 2 is 2.00 bits per heavy atom. The average molecular weight is 409 g/mol. The minimum atomic E-state index is -1.14. The molecule has 0 unspecified atom stereocenters. The number of amides is 2. The Morgan fingerprint density at radius 3 is 2.68 bits per heavy atom. The average Bonchev–Trinajstić information content (AvgIpc) is 2.68. The first-order valence-electron chi connectivity index (χ1n) is 8.71. The van der Waals surface area contributed by atoms with Crippen molar-refractivity contribution in [2.45, 2.75) is 25.7 Å². The van der Waals surface area contributed by atoms with Crippen molar-refractivity contribution < 1.29 is 28.6 Å². The Morgan fingerprint density at radius 1 is 1.29 bits per heavy atom. The number of ether oxygens (including phenoxy) is 1. The van der Waals surface area contributed by atoms with Crippen molar-refractivity contribution in [1.29, 1.82) is 0 Å². The lowest BCUT2D eigenvalue weighted by Crippen LogP contribution is -2.39. The lowest BCUT2D eigenvalue weighted by molar-refractivity contribution is -0.133. The predicted octanol–water partition coefficient (Wildman–Crippen LogP) is 3.20. The van der Waals surface area contributed by atoms with Crippen LogP contribution in [0.5, 0.6) is 5.75 Å². The van der Waals surface area contributed by atoms with Crippen molar-refractivity contribution in [3.05, 3.63) is 40.7 Å². The third kappa shape index (κ3) is 4.01. The van der Waals surface area contributed by atoms with Gasteiger partial charge in [-0.05, 0) is 31.7 Å². The van der Waals surface area contributed by atoms with E-state index in [0.29, 0.717) is 31.4 Å². The van der Waals surface area contributed by atoms with Gasteiger partial charge in [0.05, 0.1) is 11.4 Å². The second kappa shape index (κ2) is 8.43. The molecule has 0 spiro atoms. The van der Waals surface area contributed by atoms with Gasteiger partial charge in [0.25, 0.3) is 11.8 Å². The SMILES string of the molecule is O=C(O)C1=C(C(=O)Nc2cc3c(cc2F)OCC(=O)N3C/C=C/Cl)CCCC1. The van der Waals surface area contributed by atoms with E-state index in [1.807, 2.05) is 0 Å². The normalized spacial score (nSPS) is 16.8. The lowest BCUT2D eigenvalue weighted by Gasteiger charge is -2.29. The molecular weight excluding hydrogens is 391 g/mol. The van der Waals surface area contributed by atoms with Gasteiger partial charge in [0.1, 0.15) is 5.75 Å². The second-order valence-corrected chi connectivity index (χ2v) is 6.63. The van der Waals surface area contributed by atoms with Gasteiger partial charge in [-0.15, -0.1) is 0 Å². The molecule has 1 aromatic carbocycles. The molecule has 0 fully saturated rings. The maximum atomic E-state index is 14.5. The number of nitrogens with one attached hydrogen (secondary N) is 1.